The average Bonchev–Trinajstić information content (AvgIpc) is 2.10. The Balaban J connectivity index is 3.00. The molecule has 0 aromatic heterocycles. The van der Waals surface area contributed by atoms with Gasteiger partial charge in [-0.15, -0.1) is 0 Å². The highest BCUT2D eigenvalue weighted by atomic mass is 16.1. The number of unbranched alkanes of at least 4 members (excludes halogenated alkanes) is 3. The van der Waals surface area contributed by atoms with Gasteiger partial charge in [-0.3, -0.25) is 0 Å². The van der Waals surface area contributed by atoms with Crippen molar-refractivity contribution in [2.75, 3.05) is 6.54 Å². The quantitative estimate of drug-likeness (QED) is 0.326. The lowest BCUT2D eigenvalue weighted by atomic mass is 10.2. The van der Waals surface area contributed by atoms with Crippen LogP contribution in [0.15, 0.2) is 9.98 Å². The molecule has 4 nitrogen and oxygen atoms in total. The molecule has 0 aliphatic rings. The molecule has 1 radical (unpaired) electrons. The number of hydrogen-bond donors (Lipinski definition) is 0. The van der Waals surface area contributed by atoms with Crippen molar-refractivity contribution in [1.29, 1.82) is 0 Å². The van der Waals surface area contributed by atoms with Gasteiger partial charge >= 0.3 is 0 Å². The van der Waals surface area contributed by atoms with Crippen LogP contribution in [0.1, 0.15) is 25.7 Å². The maximum atomic E-state index is 9.62. The Morgan fingerprint density at radius 3 is 2.58 bits per heavy atom. The molecule has 0 aromatic rings. The Morgan fingerprint density at radius 2 is 1.92 bits per heavy atom. The fraction of sp³-hybridized carbons (Fsp3) is 0.625. The molecule has 0 aromatic carbocycles. The molecule has 0 fully saturated rings. The van der Waals surface area contributed by atoms with E-state index in [9.17, 15) is 9.59 Å². The van der Waals surface area contributed by atoms with E-state index in [2.05, 4.69) is 9.98 Å². The van der Waals surface area contributed by atoms with E-state index in [0.717, 1.165) is 25.7 Å². The molecule has 65 valence electrons. The van der Waals surface area contributed by atoms with Crippen LogP contribution in [0.5, 0.6) is 0 Å². The molecule has 0 unspecified atom stereocenters. The summed E-state index contributed by atoms with van der Waals surface area (Å²) in [5.74, 6) is 0. The normalized spacial score (nSPS) is 8.33. The first-order valence-electron chi connectivity index (χ1n) is 3.84. The van der Waals surface area contributed by atoms with Crippen molar-refractivity contribution in [2.45, 2.75) is 25.7 Å². The second kappa shape index (κ2) is 9.76. The fourth-order valence-corrected chi connectivity index (χ4v) is 0.751. The molecular formula is C8H11N2O2. The lowest BCUT2D eigenvalue weighted by Gasteiger charge is -1.93. The number of aliphatic imine (C=N–C) groups is 2. The Kier molecular flexibility index (Phi) is 8.75. The van der Waals surface area contributed by atoms with Crippen LogP contribution in [0, 0.1) is 6.54 Å². The van der Waals surface area contributed by atoms with E-state index < -0.39 is 0 Å². The van der Waals surface area contributed by atoms with E-state index in [1.807, 2.05) is 0 Å². The molecule has 4 heteroatoms. The zero-order chi connectivity index (χ0) is 9.07. The zero-order valence-corrected chi connectivity index (χ0v) is 6.82. The van der Waals surface area contributed by atoms with Gasteiger partial charge in [0.25, 0.3) is 0 Å². The van der Waals surface area contributed by atoms with Gasteiger partial charge in [-0.05, 0) is 12.8 Å². The van der Waals surface area contributed by atoms with E-state index >= 15 is 0 Å². The Morgan fingerprint density at radius 1 is 1.08 bits per heavy atom. The number of nitrogens with zero attached hydrogens (tertiary/aromatic N) is 2. The zero-order valence-electron chi connectivity index (χ0n) is 6.82. The minimum atomic E-state index is 0.542. The summed E-state index contributed by atoms with van der Waals surface area (Å²) >= 11 is 0. The molecule has 0 spiro atoms. The van der Waals surface area contributed by atoms with Crippen LogP contribution in [0.3, 0.4) is 0 Å². The minimum absolute atomic E-state index is 0.542. The largest absolute Gasteiger partial charge is 0.235 e. The predicted molar refractivity (Wildman–Crippen MR) is 43.9 cm³/mol. The third-order valence-electron chi connectivity index (χ3n) is 1.31. The maximum absolute atomic E-state index is 9.62. The van der Waals surface area contributed by atoms with Gasteiger partial charge in [0, 0.05) is 0 Å². The summed E-state index contributed by atoms with van der Waals surface area (Å²) in [6.07, 6.45) is 6.51. The van der Waals surface area contributed by atoms with Crippen LogP contribution in [0.4, 0.5) is 0 Å². The predicted octanol–water partition coefficient (Wildman–Crippen LogP) is 1.38. The average molecular weight is 167 g/mol. The van der Waals surface area contributed by atoms with E-state index in [0.29, 0.717) is 6.54 Å². The second-order valence-corrected chi connectivity index (χ2v) is 2.23. The van der Waals surface area contributed by atoms with Gasteiger partial charge in [0.2, 0.25) is 12.2 Å². The fourth-order valence-electron chi connectivity index (χ4n) is 0.751. The number of hydrogen-bond acceptors (Lipinski definition) is 4. The summed E-state index contributed by atoms with van der Waals surface area (Å²) in [6, 6.07) is 0. The van der Waals surface area contributed by atoms with Gasteiger partial charge in [-0.1, -0.05) is 12.8 Å². The lowest BCUT2D eigenvalue weighted by molar-refractivity contribution is 0.560. The highest BCUT2D eigenvalue weighted by molar-refractivity contribution is 5.33. The van der Waals surface area contributed by atoms with Crippen molar-refractivity contribution in [3.8, 4) is 0 Å². The van der Waals surface area contributed by atoms with Crippen molar-refractivity contribution in [3.05, 3.63) is 6.54 Å². The molecule has 0 rings (SSSR count). The SMILES string of the molecule is O=C=N[CH]CCCCCN=C=O. The second-order valence-electron chi connectivity index (χ2n) is 2.23. The lowest BCUT2D eigenvalue weighted by Crippen LogP contribution is -1.81. The third-order valence-corrected chi connectivity index (χ3v) is 1.31. The smallest absolute Gasteiger partial charge is 0.211 e. The summed E-state index contributed by atoms with van der Waals surface area (Å²) in [6.45, 7) is 2.08. The number of carbonyl (C=O) groups excluding carboxylic acids is 2. The summed E-state index contributed by atoms with van der Waals surface area (Å²) in [5.41, 5.74) is 0. The van der Waals surface area contributed by atoms with Gasteiger partial charge in [0.1, 0.15) is 0 Å². The van der Waals surface area contributed by atoms with Crippen molar-refractivity contribution >= 4 is 12.2 Å². The molecular weight excluding hydrogens is 156 g/mol. The van der Waals surface area contributed by atoms with E-state index in [-0.39, 0.29) is 0 Å². The molecule has 0 N–H and O–H groups in total. The van der Waals surface area contributed by atoms with E-state index in [4.69, 9.17) is 0 Å². The van der Waals surface area contributed by atoms with Crippen LogP contribution in [0.2, 0.25) is 0 Å². The van der Waals surface area contributed by atoms with Crippen LogP contribution in [0.25, 0.3) is 0 Å². The monoisotopic (exact) mass is 167 g/mol. The van der Waals surface area contributed by atoms with Gasteiger partial charge in [0.05, 0.1) is 13.1 Å². The van der Waals surface area contributed by atoms with Gasteiger partial charge in [-0.2, -0.15) is 0 Å². The summed E-state index contributed by atoms with van der Waals surface area (Å²) in [5, 5.41) is 0. The first-order chi connectivity index (χ1) is 5.91. The molecule has 0 saturated heterocycles. The molecule has 0 aliphatic heterocycles. The molecule has 0 atom stereocenters. The highest BCUT2D eigenvalue weighted by Gasteiger charge is 1.88. The number of rotatable bonds is 7. The van der Waals surface area contributed by atoms with Crippen LogP contribution in [-0.4, -0.2) is 18.7 Å². The van der Waals surface area contributed by atoms with Crippen LogP contribution < -0.4 is 0 Å². The molecule has 0 saturated carbocycles. The van der Waals surface area contributed by atoms with Crippen LogP contribution in [-0.2, 0) is 9.59 Å². The van der Waals surface area contributed by atoms with Crippen molar-refractivity contribution in [2.24, 2.45) is 9.98 Å². The van der Waals surface area contributed by atoms with E-state index in [1.165, 1.54) is 18.7 Å². The first kappa shape index (κ1) is 10.8. The topological polar surface area (TPSA) is 58.9 Å². The number of isocyanates is 2. The van der Waals surface area contributed by atoms with Gasteiger partial charge < -0.3 is 0 Å². The van der Waals surface area contributed by atoms with Crippen molar-refractivity contribution in [1.82, 2.24) is 0 Å². The molecule has 0 heterocycles. The summed E-state index contributed by atoms with van der Waals surface area (Å²) in [7, 11) is 0. The standard InChI is InChI=1S/C8H11N2O2/c11-7-9-5-3-1-2-4-6-10-8-12/h5H,1-4,6H2. The van der Waals surface area contributed by atoms with Crippen molar-refractivity contribution in [3.63, 3.8) is 0 Å². The van der Waals surface area contributed by atoms with Crippen molar-refractivity contribution < 1.29 is 9.59 Å². The van der Waals surface area contributed by atoms with Crippen LogP contribution >= 0.6 is 0 Å². The minimum Gasteiger partial charge on any atom is -0.211 e. The molecule has 0 aliphatic carbocycles. The Labute approximate surface area is 71.4 Å². The molecule has 0 amide bonds. The summed E-state index contributed by atoms with van der Waals surface area (Å²) < 4.78 is 0. The Bertz CT molecular complexity index is 169. The third kappa shape index (κ3) is 8.76. The maximum Gasteiger partial charge on any atom is 0.235 e. The first-order valence-corrected chi connectivity index (χ1v) is 3.84. The van der Waals surface area contributed by atoms with Gasteiger partial charge in [0.15, 0.2) is 0 Å². The van der Waals surface area contributed by atoms with Gasteiger partial charge in [-0.25, -0.2) is 19.6 Å². The highest BCUT2D eigenvalue weighted by Crippen LogP contribution is 2.01. The van der Waals surface area contributed by atoms with E-state index in [1.54, 1.807) is 0 Å². The molecule has 0 bridgehead atoms. The molecule has 12 heavy (non-hydrogen) atoms. The summed E-state index contributed by atoms with van der Waals surface area (Å²) in [4.78, 5) is 25.9. The Hall–Kier alpha value is -1.24.